The molecule has 0 saturated heterocycles. The molecular weight excluding hydrogens is 228 g/mol. The molecule has 0 aromatic heterocycles. The fourth-order valence-electron chi connectivity index (χ4n) is 1.21. The zero-order chi connectivity index (χ0) is 12.1. The molecule has 0 fully saturated rings. The second-order valence-corrected chi connectivity index (χ2v) is 3.88. The van der Waals surface area contributed by atoms with Crippen LogP contribution in [0.4, 0.5) is 0 Å². The molecule has 16 heavy (non-hydrogen) atoms. The van der Waals surface area contributed by atoms with Gasteiger partial charge < -0.3 is 15.0 Å². The SMILES string of the molecule is CCOc1ccc(S(=O)[O-])cc1C(N)=NC. The highest BCUT2D eigenvalue weighted by molar-refractivity contribution is 7.79. The maximum absolute atomic E-state index is 10.8. The first-order valence-electron chi connectivity index (χ1n) is 4.68. The van der Waals surface area contributed by atoms with Crippen molar-refractivity contribution in [1.82, 2.24) is 0 Å². The number of rotatable bonds is 4. The Morgan fingerprint density at radius 2 is 2.31 bits per heavy atom. The second-order valence-electron chi connectivity index (χ2n) is 2.93. The molecule has 0 aliphatic rings. The number of hydrogen-bond donors (Lipinski definition) is 1. The van der Waals surface area contributed by atoms with Gasteiger partial charge in [0.2, 0.25) is 0 Å². The normalized spacial score (nSPS) is 13.6. The summed E-state index contributed by atoms with van der Waals surface area (Å²) in [4.78, 5) is 3.97. The summed E-state index contributed by atoms with van der Waals surface area (Å²) in [6, 6.07) is 4.47. The minimum Gasteiger partial charge on any atom is -0.768 e. The molecule has 0 bridgehead atoms. The van der Waals surface area contributed by atoms with Crippen molar-refractivity contribution in [2.75, 3.05) is 13.7 Å². The van der Waals surface area contributed by atoms with Crippen molar-refractivity contribution in [2.45, 2.75) is 11.8 Å². The predicted molar refractivity (Wildman–Crippen MR) is 61.4 cm³/mol. The summed E-state index contributed by atoms with van der Waals surface area (Å²) in [7, 11) is 1.53. The first-order valence-corrected chi connectivity index (χ1v) is 5.76. The molecule has 1 aromatic rings. The van der Waals surface area contributed by atoms with E-state index in [1.807, 2.05) is 6.92 Å². The van der Waals surface area contributed by atoms with Gasteiger partial charge in [0, 0.05) is 11.9 Å². The van der Waals surface area contributed by atoms with Crippen LogP contribution >= 0.6 is 0 Å². The summed E-state index contributed by atoms with van der Waals surface area (Å²) in [5, 5.41) is 0. The zero-order valence-corrected chi connectivity index (χ0v) is 9.91. The van der Waals surface area contributed by atoms with E-state index in [1.165, 1.54) is 19.2 Å². The van der Waals surface area contributed by atoms with Gasteiger partial charge in [-0.3, -0.25) is 9.20 Å². The van der Waals surface area contributed by atoms with Crippen LogP contribution in [-0.2, 0) is 11.1 Å². The Kier molecular flexibility index (Phi) is 4.45. The average Bonchev–Trinajstić information content (AvgIpc) is 2.28. The standard InChI is InChI=1S/C10H14N2O3S/c1-3-15-9-5-4-7(16(13)14)6-8(9)10(11)12-2/h4-6H,3H2,1-2H3,(H2,11,12)(H,13,14)/p-1. The van der Waals surface area contributed by atoms with Crippen LogP contribution in [-0.4, -0.2) is 28.3 Å². The van der Waals surface area contributed by atoms with Crippen molar-refractivity contribution in [1.29, 1.82) is 0 Å². The molecule has 0 spiro atoms. The van der Waals surface area contributed by atoms with E-state index in [-0.39, 0.29) is 10.7 Å². The number of benzene rings is 1. The topological polar surface area (TPSA) is 87.7 Å². The number of aliphatic imine (C=N–C) groups is 1. The number of hydrogen-bond acceptors (Lipinski definition) is 4. The predicted octanol–water partition coefficient (Wildman–Crippen LogP) is 0.658. The fourth-order valence-corrected chi connectivity index (χ4v) is 1.61. The van der Waals surface area contributed by atoms with Gasteiger partial charge in [-0.15, -0.1) is 0 Å². The summed E-state index contributed by atoms with van der Waals surface area (Å²) < 4.78 is 27.0. The molecule has 0 aliphatic heterocycles. The van der Waals surface area contributed by atoms with Crippen molar-refractivity contribution in [3.63, 3.8) is 0 Å². The molecule has 6 heteroatoms. The molecule has 0 radical (unpaired) electrons. The van der Waals surface area contributed by atoms with Crippen LogP contribution in [0.2, 0.25) is 0 Å². The fraction of sp³-hybridized carbons (Fsp3) is 0.300. The smallest absolute Gasteiger partial charge is 0.130 e. The molecule has 0 aliphatic carbocycles. The summed E-state index contributed by atoms with van der Waals surface area (Å²) >= 11 is -2.29. The van der Waals surface area contributed by atoms with Crippen LogP contribution in [0.5, 0.6) is 5.75 Å². The van der Waals surface area contributed by atoms with Crippen LogP contribution in [0.3, 0.4) is 0 Å². The number of ether oxygens (including phenoxy) is 1. The quantitative estimate of drug-likeness (QED) is 0.476. The van der Waals surface area contributed by atoms with Gasteiger partial charge in [-0.25, -0.2) is 0 Å². The molecule has 1 rings (SSSR count). The van der Waals surface area contributed by atoms with Crippen molar-refractivity contribution < 1.29 is 13.5 Å². The Morgan fingerprint density at radius 3 is 2.81 bits per heavy atom. The van der Waals surface area contributed by atoms with Crippen LogP contribution in [0.25, 0.3) is 0 Å². The van der Waals surface area contributed by atoms with Gasteiger partial charge in [-0.1, -0.05) is 0 Å². The minimum atomic E-state index is -2.29. The molecule has 1 atom stereocenters. The van der Waals surface area contributed by atoms with Crippen LogP contribution in [0.1, 0.15) is 12.5 Å². The lowest BCUT2D eigenvalue weighted by Crippen LogP contribution is -2.15. The van der Waals surface area contributed by atoms with E-state index in [0.29, 0.717) is 17.9 Å². The number of nitrogens with two attached hydrogens (primary N) is 1. The first-order chi connectivity index (χ1) is 7.60. The highest BCUT2D eigenvalue weighted by Crippen LogP contribution is 2.21. The molecule has 0 heterocycles. The summed E-state index contributed by atoms with van der Waals surface area (Å²) in [6.45, 7) is 2.31. The third kappa shape index (κ3) is 2.80. The van der Waals surface area contributed by atoms with E-state index in [2.05, 4.69) is 4.99 Å². The second kappa shape index (κ2) is 5.62. The molecular formula is C10H13N2O3S-. The Hall–Kier alpha value is -1.40. The molecule has 1 aromatic carbocycles. The molecule has 88 valence electrons. The Bertz CT molecular complexity index is 432. The maximum atomic E-state index is 10.8. The van der Waals surface area contributed by atoms with Crippen molar-refractivity contribution in [3.05, 3.63) is 23.8 Å². The maximum Gasteiger partial charge on any atom is 0.130 e. The molecule has 0 amide bonds. The molecule has 1 unspecified atom stereocenters. The molecule has 0 saturated carbocycles. The molecule has 5 nitrogen and oxygen atoms in total. The number of nitrogens with zero attached hydrogens (tertiary/aromatic N) is 1. The van der Waals surface area contributed by atoms with Crippen molar-refractivity contribution >= 4 is 16.9 Å². The van der Waals surface area contributed by atoms with Gasteiger partial charge in [-0.2, -0.15) is 0 Å². The highest BCUT2D eigenvalue weighted by Gasteiger charge is 2.08. The third-order valence-corrected chi connectivity index (χ3v) is 2.60. The third-order valence-electron chi connectivity index (χ3n) is 1.96. The van der Waals surface area contributed by atoms with E-state index in [4.69, 9.17) is 10.5 Å². The monoisotopic (exact) mass is 241 g/mol. The van der Waals surface area contributed by atoms with Gasteiger partial charge in [0.15, 0.2) is 0 Å². The van der Waals surface area contributed by atoms with Crippen LogP contribution in [0, 0.1) is 0 Å². The summed E-state index contributed by atoms with van der Waals surface area (Å²) in [5.41, 5.74) is 6.16. The van der Waals surface area contributed by atoms with E-state index in [1.54, 1.807) is 6.07 Å². The average molecular weight is 241 g/mol. The lowest BCUT2D eigenvalue weighted by molar-refractivity contribution is 0.339. The lowest BCUT2D eigenvalue weighted by atomic mass is 10.2. The minimum absolute atomic E-state index is 0.157. The Labute approximate surface area is 96.6 Å². The van der Waals surface area contributed by atoms with E-state index < -0.39 is 11.1 Å². The van der Waals surface area contributed by atoms with Crippen molar-refractivity contribution in [3.8, 4) is 5.75 Å². The van der Waals surface area contributed by atoms with Gasteiger partial charge in [0.1, 0.15) is 11.6 Å². The van der Waals surface area contributed by atoms with Crippen molar-refractivity contribution in [2.24, 2.45) is 10.7 Å². The largest absolute Gasteiger partial charge is 0.768 e. The Balaban J connectivity index is 3.26. The van der Waals surface area contributed by atoms with Gasteiger partial charge in [-0.05, 0) is 36.2 Å². The zero-order valence-electron chi connectivity index (χ0n) is 9.10. The van der Waals surface area contributed by atoms with Crippen LogP contribution < -0.4 is 10.5 Å². The van der Waals surface area contributed by atoms with E-state index >= 15 is 0 Å². The van der Waals surface area contributed by atoms with Gasteiger partial charge in [0.25, 0.3) is 0 Å². The highest BCUT2D eigenvalue weighted by atomic mass is 32.2. The first kappa shape index (κ1) is 12.7. The van der Waals surface area contributed by atoms with E-state index in [0.717, 1.165) is 0 Å². The van der Waals surface area contributed by atoms with Gasteiger partial charge >= 0.3 is 0 Å². The summed E-state index contributed by atoms with van der Waals surface area (Å²) in [5.74, 6) is 0.774. The van der Waals surface area contributed by atoms with Gasteiger partial charge in [0.05, 0.1) is 12.2 Å². The lowest BCUT2D eigenvalue weighted by Gasteiger charge is -2.12. The number of amidine groups is 1. The Morgan fingerprint density at radius 1 is 1.62 bits per heavy atom. The summed E-state index contributed by atoms with van der Waals surface area (Å²) in [6.07, 6.45) is 0. The molecule has 2 N–H and O–H groups in total. The van der Waals surface area contributed by atoms with Crippen LogP contribution in [0.15, 0.2) is 28.1 Å². The van der Waals surface area contributed by atoms with E-state index in [9.17, 15) is 8.76 Å².